The van der Waals surface area contributed by atoms with E-state index in [0.29, 0.717) is 31.6 Å². The summed E-state index contributed by atoms with van der Waals surface area (Å²) < 4.78 is 0. The van der Waals surface area contributed by atoms with E-state index >= 15 is 0 Å². The van der Waals surface area contributed by atoms with E-state index in [-0.39, 0.29) is 12.0 Å². The van der Waals surface area contributed by atoms with Crippen LogP contribution in [0.15, 0.2) is 24.3 Å². The molecule has 3 N–H and O–H groups in total. The van der Waals surface area contributed by atoms with Gasteiger partial charge < -0.3 is 15.7 Å². The average molecular weight is 220 g/mol. The Hall–Kier alpha value is -1.39. The zero-order valence-corrected chi connectivity index (χ0v) is 9.10. The molecule has 0 aliphatic carbocycles. The number of nitrogens with two attached hydrogens (primary N) is 1. The van der Waals surface area contributed by atoms with Crippen LogP contribution in [0, 0.1) is 0 Å². The highest BCUT2D eigenvalue weighted by atomic mass is 16.3. The number of nitrogens with zero attached hydrogens (tertiary/aromatic N) is 1. The van der Waals surface area contributed by atoms with Crippen LogP contribution in [0.25, 0.3) is 0 Å². The first kappa shape index (κ1) is 11.1. The topological polar surface area (TPSA) is 66.6 Å². The van der Waals surface area contributed by atoms with Gasteiger partial charge in [-0.3, -0.25) is 4.79 Å². The number of benzene rings is 1. The number of amides is 1. The molecule has 4 nitrogen and oxygen atoms in total. The van der Waals surface area contributed by atoms with Crippen LogP contribution < -0.4 is 5.73 Å². The van der Waals surface area contributed by atoms with E-state index in [1.165, 1.54) is 0 Å². The molecule has 1 aliphatic heterocycles. The van der Waals surface area contributed by atoms with Crippen molar-refractivity contribution < 1.29 is 9.90 Å². The number of carbonyl (C=O) groups is 1. The molecule has 1 atom stereocenters. The number of hydrogen-bond donors (Lipinski definition) is 2. The molecule has 1 amide bonds. The fraction of sp³-hybridized carbons (Fsp3) is 0.417. The van der Waals surface area contributed by atoms with Gasteiger partial charge in [0, 0.05) is 25.2 Å². The predicted molar refractivity (Wildman–Crippen MR) is 60.9 cm³/mol. The van der Waals surface area contributed by atoms with Crippen LogP contribution in [0.5, 0.6) is 0 Å². The number of carbonyl (C=O) groups excluding carboxylic acids is 1. The Labute approximate surface area is 94.7 Å². The van der Waals surface area contributed by atoms with Crippen molar-refractivity contribution in [1.82, 2.24) is 4.90 Å². The molecule has 1 fully saturated rings. The first-order chi connectivity index (χ1) is 7.70. The number of hydrogen-bond acceptors (Lipinski definition) is 3. The third-order valence-corrected chi connectivity index (χ3v) is 2.86. The van der Waals surface area contributed by atoms with Crippen molar-refractivity contribution in [2.75, 3.05) is 13.1 Å². The summed E-state index contributed by atoms with van der Waals surface area (Å²) in [7, 11) is 0. The molecule has 2 rings (SSSR count). The highest BCUT2D eigenvalue weighted by Gasteiger charge is 2.25. The molecule has 0 bridgehead atoms. The maximum absolute atomic E-state index is 12.0. The third kappa shape index (κ3) is 2.23. The zero-order valence-electron chi connectivity index (χ0n) is 9.10. The summed E-state index contributed by atoms with van der Waals surface area (Å²) in [6, 6.07) is 7.33. The van der Waals surface area contributed by atoms with Crippen molar-refractivity contribution in [3.63, 3.8) is 0 Å². The zero-order chi connectivity index (χ0) is 11.5. The molecule has 1 aromatic rings. The largest absolute Gasteiger partial charge is 0.391 e. The SMILES string of the molecule is NCc1cccc(C(=O)N2CCC(O)C2)c1. The summed E-state index contributed by atoms with van der Waals surface area (Å²) in [6.07, 6.45) is 0.295. The van der Waals surface area contributed by atoms with Crippen LogP contribution in [-0.4, -0.2) is 35.1 Å². The van der Waals surface area contributed by atoms with Gasteiger partial charge in [0.05, 0.1) is 6.10 Å². The number of aliphatic hydroxyl groups is 1. The van der Waals surface area contributed by atoms with E-state index in [9.17, 15) is 9.90 Å². The van der Waals surface area contributed by atoms with Gasteiger partial charge in [-0.15, -0.1) is 0 Å². The normalized spacial score (nSPS) is 20.1. The Balaban J connectivity index is 2.14. The fourth-order valence-corrected chi connectivity index (χ4v) is 1.94. The summed E-state index contributed by atoms with van der Waals surface area (Å²) in [6.45, 7) is 1.50. The first-order valence-electron chi connectivity index (χ1n) is 5.47. The molecule has 0 saturated carbocycles. The molecule has 1 heterocycles. The summed E-state index contributed by atoms with van der Waals surface area (Å²) in [5, 5.41) is 9.38. The van der Waals surface area contributed by atoms with Crippen molar-refractivity contribution in [1.29, 1.82) is 0 Å². The second-order valence-corrected chi connectivity index (χ2v) is 4.10. The Morgan fingerprint density at radius 3 is 3.00 bits per heavy atom. The Morgan fingerprint density at radius 2 is 2.38 bits per heavy atom. The summed E-state index contributed by atoms with van der Waals surface area (Å²) in [5.41, 5.74) is 7.13. The molecule has 4 heteroatoms. The smallest absolute Gasteiger partial charge is 0.253 e. The molecule has 1 aromatic carbocycles. The lowest BCUT2D eigenvalue weighted by Gasteiger charge is -2.15. The second-order valence-electron chi connectivity index (χ2n) is 4.10. The van der Waals surface area contributed by atoms with Crippen molar-refractivity contribution in [2.45, 2.75) is 19.1 Å². The van der Waals surface area contributed by atoms with Gasteiger partial charge in [0.2, 0.25) is 0 Å². The van der Waals surface area contributed by atoms with E-state index in [2.05, 4.69) is 0 Å². The van der Waals surface area contributed by atoms with Gasteiger partial charge in [0.15, 0.2) is 0 Å². The van der Waals surface area contributed by atoms with Gasteiger partial charge in [-0.25, -0.2) is 0 Å². The maximum atomic E-state index is 12.0. The number of β-amino-alcohol motifs (C(OH)–C–C–N with tert-alkyl or cyclic N) is 1. The molecule has 0 radical (unpaired) electrons. The van der Waals surface area contributed by atoms with Crippen LogP contribution in [0.3, 0.4) is 0 Å². The van der Waals surface area contributed by atoms with Gasteiger partial charge in [0.25, 0.3) is 5.91 Å². The number of aliphatic hydroxyl groups excluding tert-OH is 1. The minimum Gasteiger partial charge on any atom is -0.391 e. The van der Waals surface area contributed by atoms with Crippen LogP contribution in [0.4, 0.5) is 0 Å². The predicted octanol–water partition coefficient (Wildman–Crippen LogP) is 0.352. The highest BCUT2D eigenvalue weighted by Crippen LogP contribution is 2.14. The highest BCUT2D eigenvalue weighted by molar-refractivity contribution is 5.94. The van der Waals surface area contributed by atoms with Crippen molar-refractivity contribution in [2.24, 2.45) is 5.73 Å². The molecule has 16 heavy (non-hydrogen) atoms. The van der Waals surface area contributed by atoms with E-state index < -0.39 is 0 Å². The van der Waals surface area contributed by atoms with Crippen molar-refractivity contribution >= 4 is 5.91 Å². The Bertz CT molecular complexity index is 392. The number of likely N-dealkylation sites (tertiary alicyclic amines) is 1. The van der Waals surface area contributed by atoms with Gasteiger partial charge >= 0.3 is 0 Å². The molecule has 1 unspecified atom stereocenters. The molecule has 1 aliphatic rings. The standard InChI is InChI=1S/C12H16N2O2/c13-7-9-2-1-3-10(6-9)12(16)14-5-4-11(15)8-14/h1-3,6,11,15H,4-5,7-8,13H2. The summed E-state index contributed by atoms with van der Waals surface area (Å²) in [4.78, 5) is 13.7. The maximum Gasteiger partial charge on any atom is 0.253 e. The second kappa shape index (κ2) is 4.63. The lowest BCUT2D eigenvalue weighted by Crippen LogP contribution is -2.29. The van der Waals surface area contributed by atoms with Gasteiger partial charge in [-0.05, 0) is 24.1 Å². The number of rotatable bonds is 2. The van der Waals surface area contributed by atoms with Crippen molar-refractivity contribution in [3.05, 3.63) is 35.4 Å². The van der Waals surface area contributed by atoms with Gasteiger partial charge in [0.1, 0.15) is 0 Å². The Kier molecular flexibility index (Phi) is 3.22. The van der Waals surface area contributed by atoms with Crippen LogP contribution in [0.2, 0.25) is 0 Å². The van der Waals surface area contributed by atoms with Crippen LogP contribution >= 0.6 is 0 Å². The summed E-state index contributed by atoms with van der Waals surface area (Å²) >= 11 is 0. The van der Waals surface area contributed by atoms with Crippen LogP contribution in [-0.2, 0) is 6.54 Å². The molecule has 86 valence electrons. The van der Waals surface area contributed by atoms with Crippen molar-refractivity contribution in [3.8, 4) is 0 Å². The Morgan fingerprint density at radius 1 is 1.56 bits per heavy atom. The first-order valence-corrected chi connectivity index (χ1v) is 5.47. The van der Waals surface area contributed by atoms with Gasteiger partial charge in [-0.2, -0.15) is 0 Å². The fourth-order valence-electron chi connectivity index (χ4n) is 1.94. The van der Waals surface area contributed by atoms with E-state index in [1.54, 1.807) is 11.0 Å². The van der Waals surface area contributed by atoms with E-state index in [4.69, 9.17) is 5.73 Å². The third-order valence-electron chi connectivity index (χ3n) is 2.86. The van der Waals surface area contributed by atoms with Crippen LogP contribution in [0.1, 0.15) is 22.3 Å². The summed E-state index contributed by atoms with van der Waals surface area (Å²) in [5.74, 6) is -0.0214. The minimum absolute atomic E-state index is 0.0214. The quantitative estimate of drug-likeness (QED) is 0.756. The molecular weight excluding hydrogens is 204 g/mol. The minimum atomic E-state index is -0.373. The molecule has 0 spiro atoms. The monoisotopic (exact) mass is 220 g/mol. The lowest BCUT2D eigenvalue weighted by atomic mass is 10.1. The van der Waals surface area contributed by atoms with E-state index in [1.807, 2.05) is 18.2 Å². The van der Waals surface area contributed by atoms with Gasteiger partial charge in [-0.1, -0.05) is 12.1 Å². The molecule has 1 saturated heterocycles. The van der Waals surface area contributed by atoms with E-state index in [0.717, 1.165) is 5.56 Å². The average Bonchev–Trinajstić information content (AvgIpc) is 2.75. The molecular formula is C12H16N2O2. The lowest BCUT2D eigenvalue weighted by molar-refractivity contribution is 0.0765. The molecule has 0 aromatic heterocycles.